The molecule has 2 aliphatic rings. The Morgan fingerprint density at radius 1 is 1.09 bits per heavy atom. The number of hydrogen-bond acceptors (Lipinski definition) is 6. The number of carboxylic acid groups (broad SMARTS) is 1. The number of β-lactam (4-membered cyclic amide) rings is 1. The molecule has 0 aromatic heterocycles. The smallest absolute Gasteiger partial charge is 0.408 e. The number of amides is 3. The Labute approximate surface area is 200 Å². The zero-order valence-electron chi connectivity index (χ0n) is 18.6. The van der Waals surface area contributed by atoms with Gasteiger partial charge in [-0.15, -0.1) is 11.8 Å². The number of aliphatic carboxylic acids is 1. The number of alkyl carbamates (subject to hydrolysis) is 1. The van der Waals surface area contributed by atoms with Crippen molar-refractivity contribution in [1.29, 1.82) is 0 Å². The summed E-state index contributed by atoms with van der Waals surface area (Å²) in [5.41, 5.74) is 1.32. The number of carbonyl (C=O) groups is 4. The van der Waals surface area contributed by atoms with Crippen LogP contribution in [0.2, 0.25) is 0 Å². The van der Waals surface area contributed by atoms with Crippen molar-refractivity contribution in [2.24, 2.45) is 0 Å². The first-order valence-corrected chi connectivity index (χ1v) is 11.6. The maximum Gasteiger partial charge on any atom is 0.408 e. The fraction of sp³-hybridized carbons (Fsp3) is 0.333. The maximum atomic E-state index is 13.2. The van der Waals surface area contributed by atoms with Gasteiger partial charge in [-0.25, -0.2) is 9.59 Å². The molecule has 2 aromatic carbocycles. The highest BCUT2D eigenvalue weighted by Gasteiger charge is 2.64. The molecule has 2 aromatic rings. The van der Waals surface area contributed by atoms with Crippen LogP contribution in [-0.2, 0) is 25.7 Å². The summed E-state index contributed by atoms with van der Waals surface area (Å²) in [5, 5.41) is 14.4. The van der Waals surface area contributed by atoms with E-state index in [9.17, 15) is 24.3 Å². The van der Waals surface area contributed by atoms with E-state index in [1.807, 2.05) is 30.3 Å². The number of carboxylic acids is 1. The number of carbonyl (C=O) groups excluding carboxylic acids is 3. The summed E-state index contributed by atoms with van der Waals surface area (Å²) < 4.78 is 4.55. The monoisotopic (exact) mass is 483 g/mol. The molecule has 1 unspecified atom stereocenters. The lowest BCUT2D eigenvalue weighted by Gasteiger charge is -2.43. The second-order valence-corrected chi connectivity index (χ2v) is 10.4. The van der Waals surface area contributed by atoms with Gasteiger partial charge in [0, 0.05) is 4.75 Å². The van der Waals surface area contributed by atoms with Crippen molar-refractivity contribution in [3.05, 3.63) is 71.8 Å². The number of hydrogen-bond donors (Lipinski definition) is 3. The summed E-state index contributed by atoms with van der Waals surface area (Å²) in [6, 6.07) is 14.8. The molecule has 3 amide bonds. The summed E-state index contributed by atoms with van der Waals surface area (Å²) in [6.45, 7) is 3.56. The average molecular weight is 484 g/mol. The van der Waals surface area contributed by atoms with Gasteiger partial charge in [-0.3, -0.25) is 9.59 Å². The Morgan fingerprint density at radius 2 is 1.71 bits per heavy atom. The van der Waals surface area contributed by atoms with Gasteiger partial charge in [-0.1, -0.05) is 60.7 Å². The lowest BCUT2D eigenvalue weighted by Crippen LogP contribution is -2.71. The second-order valence-electron chi connectivity index (χ2n) is 8.63. The second kappa shape index (κ2) is 9.38. The number of ether oxygens (including phenoxy) is 1. The third-order valence-corrected chi connectivity index (χ3v) is 7.41. The van der Waals surface area contributed by atoms with Crippen LogP contribution in [0, 0.1) is 0 Å². The molecule has 10 heteroatoms. The number of nitrogens with zero attached hydrogens (tertiary/aromatic N) is 1. The molecule has 0 saturated carbocycles. The zero-order valence-corrected chi connectivity index (χ0v) is 19.5. The third kappa shape index (κ3) is 4.58. The van der Waals surface area contributed by atoms with Crippen molar-refractivity contribution < 1.29 is 29.0 Å². The molecular weight excluding hydrogens is 458 g/mol. The first-order valence-electron chi connectivity index (χ1n) is 10.7. The van der Waals surface area contributed by atoms with Crippen LogP contribution in [0.25, 0.3) is 0 Å². The van der Waals surface area contributed by atoms with Crippen LogP contribution in [0.5, 0.6) is 0 Å². The van der Waals surface area contributed by atoms with Crippen molar-refractivity contribution >= 4 is 35.6 Å². The molecule has 4 atom stereocenters. The molecule has 0 bridgehead atoms. The van der Waals surface area contributed by atoms with Gasteiger partial charge in [-0.05, 0) is 25.0 Å². The lowest BCUT2D eigenvalue weighted by molar-refractivity contribution is -0.161. The fourth-order valence-corrected chi connectivity index (χ4v) is 5.84. The molecule has 2 heterocycles. The molecule has 2 saturated heterocycles. The Balaban J connectivity index is 1.45. The van der Waals surface area contributed by atoms with Gasteiger partial charge in [-0.2, -0.15) is 0 Å². The lowest BCUT2D eigenvalue weighted by atomic mass is 9.95. The molecule has 2 aliphatic heterocycles. The van der Waals surface area contributed by atoms with Crippen LogP contribution in [-0.4, -0.2) is 56.1 Å². The SMILES string of the molecule is CC1(C)S[C@@H]2[C@H](NC(=O)C(NC(=O)OCc3ccccc3)c3ccccc3)C(=O)N2[C@H]1C(=O)O. The van der Waals surface area contributed by atoms with Gasteiger partial charge >= 0.3 is 12.1 Å². The minimum Gasteiger partial charge on any atom is -0.480 e. The average Bonchev–Trinajstić information content (AvgIpc) is 3.08. The van der Waals surface area contributed by atoms with Gasteiger partial charge in [0.05, 0.1) is 0 Å². The van der Waals surface area contributed by atoms with E-state index in [0.717, 1.165) is 5.56 Å². The topological polar surface area (TPSA) is 125 Å². The van der Waals surface area contributed by atoms with E-state index < -0.39 is 52.1 Å². The minimum atomic E-state index is -1.10. The van der Waals surface area contributed by atoms with Gasteiger partial charge in [0.25, 0.3) is 0 Å². The quantitative estimate of drug-likeness (QED) is 0.516. The third-order valence-electron chi connectivity index (χ3n) is 5.84. The first-order chi connectivity index (χ1) is 16.2. The van der Waals surface area contributed by atoms with E-state index in [4.69, 9.17) is 4.74 Å². The minimum absolute atomic E-state index is 0.0379. The maximum absolute atomic E-state index is 13.2. The summed E-state index contributed by atoms with van der Waals surface area (Å²) in [7, 11) is 0. The van der Waals surface area contributed by atoms with Crippen LogP contribution in [0.15, 0.2) is 60.7 Å². The predicted molar refractivity (Wildman–Crippen MR) is 125 cm³/mol. The summed E-state index contributed by atoms with van der Waals surface area (Å²) in [6.07, 6.45) is -0.781. The number of fused-ring (bicyclic) bond motifs is 1. The number of nitrogens with one attached hydrogen (secondary N) is 2. The number of thioether (sulfide) groups is 1. The fourth-order valence-electron chi connectivity index (χ4n) is 4.21. The Bertz CT molecular complexity index is 1090. The van der Waals surface area contributed by atoms with Gasteiger partial charge < -0.3 is 25.4 Å². The molecule has 34 heavy (non-hydrogen) atoms. The van der Waals surface area contributed by atoms with Crippen LogP contribution in [0.3, 0.4) is 0 Å². The zero-order chi connectivity index (χ0) is 24.5. The highest BCUT2D eigenvalue weighted by atomic mass is 32.2. The van der Waals surface area contributed by atoms with Crippen LogP contribution < -0.4 is 10.6 Å². The van der Waals surface area contributed by atoms with Gasteiger partial charge in [0.1, 0.15) is 30.1 Å². The summed E-state index contributed by atoms with van der Waals surface area (Å²) in [4.78, 5) is 51.4. The van der Waals surface area contributed by atoms with Crippen molar-refractivity contribution in [2.75, 3.05) is 0 Å². The Hall–Kier alpha value is -3.53. The van der Waals surface area contributed by atoms with E-state index in [2.05, 4.69) is 10.6 Å². The first kappa shape index (κ1) is 23.6. The van der Waals surface area contributed by atoms with Crippen LogP contribution in [0.4, 0.5) is 4.79 Å². The van der Waals surface area contributed by atoms with Crippen molar-refractivity contribution in [3.8, 4) is 0 Å². The Morgan fingerprint density at radius 3 is 2.32 bits per heavy atom. The van der Waals surface area contributed by atoms with E-state index in [-0.39, 0.29) is 6.61 Å². The molecule has 2 fully saturated rings. The summed E-state index contributed by atoms with van der Waals surface area (Å²) in [5.74, 6) is -2.12. The molecule has 3 N–H and O–H groups in total. The van der Waals surface area contributed by atoms with Crippen LogP contribution in [0.1, 0.15) is 31.0 Å². The molecule has 4 rings (SSSR count). The van der Waals surface area contributed by atoms with E-state index in [0.29, 0.717) is 5.56 Å². The van der Waals surface area contributed by atoms with E-state index >= 15 is 0 Å². The van der Waals surface area contributed by atoms with Gasteiger partial charge in [0.2, 0.25) is 11.8 Å². The molecule has 178 valence electrons. The van der Waals surface area contributed by atoms with Crippen molar-refractivity contribution in [1.82, 2.24) is 15.5 Å². The molecule has 0 spiro atoms. The van der Waals surface area contributed by atoms with Crippen molar-refractivity contribution in [3.63, 3.8) is 0 Å². The standard InChI is InChI=1S/C24H25N3O6S/c1-24(2)18(22(30)31)27-20(29)17(21(27)34-24)25-19(28)16(15-11-7-4-8-12-15)26-23(32)33-13-14-9-5-3-6-10-14/h3-12,16-18,21H,13H2,1-2H3,(H,25,28)(H,26,32)(H,30,31)/t16?,17-,18+,21-/m1/s1. The van der Waals surface area contributed by atoms with Crippen molar-refractivity contribution in [2.45, 2.75) is 48.7 Å². The highest BCUT2D eigenvalue weighted by Crippen LogP contribution is 2.50. The molecule has 0 radical (unpaired) electrons. The normalized spacial score (nSPS) is 23.3. The molecule has 9 nitrogen and oxygen atoms in total. The van der Waals surface area contributed by atoms with E-state index in [1.54, 1.807) is 44.2 Å². The highest BCUT2D eigenvalue weighted by molar-refractivity contribution is 8.01. The predicted octanol–water partition coefficient (Wildman–Crippen LogP) is 2.29. The largest absolute Gasteiger partial charge is 0.480 e. The molecular formula is C24H25N3O6S. The number of rotatable bonds is 7. The molecule has 0 aliphatic carbocycles. The van der Waals surface area contributed by atoms with Gasteiger partial charge in [0.15, 0.2) is 0 Å². The van der Waals surface area contributed by atoms with Crippen LogP contribution >= 0.6 is 11.8 Å². The summed E-state index contributed by atoms with van der Waals surface area (Å²) >= 11 is 1.33. The Kier molecular flexibility index (Phi) is 6.52. The van der Waals surface area contributed by atoms with E-state index in [1.165, 1.54) is 16.7 Å². The number of benzene rings is 2.